The largest absolute Gasteiger partial charge is 0.508 e. The molecule has 1 saturated heterocycles. The molecule has 1 unspecified atom stereocenters. The first-order chi connectivity index (χ1) is 47.9. The molecule has 13 nitrogen and oxygen atoms in total. The predicted molar refractivity (Wildman–Crippen MR) is 386 cm³/mol. The summed E-state index contributed by atoms with van der Waals surface area (Å²) in [6.45, 7) is 2.25. The van der Waals surface area contributed by atoms with Crippen LogP contribution in [0.4, 0.5) is 0 Å². The number of ether oxygens (including phenoxy) is 5. The van der Waals surface area contributed by atoms with E-state index in [-0.39, 0.29) is 78.2 Å². The van der Waals surface area contributed by atoms with Gasteiger partial charge in [0.05, 0.1) is 42.8 Å². The van der Waals surface area contributed by atoms with Crippen molar-refractivity contribution in [3.63, 3.8) is 0 Å². The van der Waals surface area contributed by atoms with Gasteiger partial charge in [-0.15, -0.1) is 0 Å². The molecule has 17 atom stereocenters. The van der Waals surface area contributed by atoms with Gasteiger partial charge in [-0.05, 0) is 145 Å². The Morgan fingerprint density at radius 1 is 0.888 bits per heavy atom. The number of aliphatic hydroxyl groups is 1. The van der Waals surface area contributed by atoms with Crippen molar-refractivity contribution in [2.45, 2.75) is 162 Å². The number of carbonyl (C=O) groups is 1. The van der Waals surface area contributed by atoms with Crippen LogP contribution in [0.25, 0.3) is 17.2 Å². The maximum atomic E-state index is 14.1. The molecule has 6 aliphatic heterocycles. The fourth-order valence-corrected chi connectivity index (χ4v) is 24.2. The third kappa shape index (κ3) is 10.8. The maximum absolute atomic E-state index is 14.1. The Kier molecular flexibility index (Phi) is 17.0. The third-order valence-electron chi connectivity index (χ3n) is 25.0. The molecule has 4 fully saturated rings. The lowest BCUT2D eigenvalue weighted by molar-refractivity contribution is -0.141. The molecule has 8 N–H and O–H groups in total. The summed E-state index contributed by atoms with van der Waals surface area (Å²) in [6, 6.07) is 28.3. The van der Waals surface area contributed by atoms with Crippen molar-refractivity contribution in [1.82, 2.24) is 16.0 Å². The molecule has 12 aliphatic rings. The van der Waals surface area contributed by atoms with E-state index in [4.69, 9.17) is 29.4 Å². The molecule has 11 bridgehead atoms. The molecule has 6 aliphatic carbocycles. The van der Waals surface area contributed by atoms with Crippen LogP contribution in [-0.2, 0) is 50.9 Å². The first-order valence-corrected chi connectivity index (χ1v) is 38.5. The SMILES string of the molecule is COC[C@H]1[C@H](CO)CNCc2c(O)c3c(c4c2[C@@H]2C#CC5=C(C=CC(N)N5)[C@H]5[C@@]6(C=C[C@H]7CCCC[C@]75c5cccc(c5)C[C@H]1C#C2)CC[C@]1(Cc2cc(O)cc(OC)c2-c2ccc5c(c21)O[C@H]4[C@H]5COC(C)=O)C6)C=C[C@@H]1N[C@H]2CCC[C@@H](CSS[C@@H](Cc4ccccc4)[C@@H]1O3)C2. The van der Waals surface area contributed by atoms with E-state index >= 15 is 0 Å². The fraction of sp³-hybridized carbons (Fsp3) is 0.482. The highest BCUT2D eigenvalue weighted by atomic mass is 33.1. The van der Waals surface area contributed by atoms with E-state index in [0.29, 0.717) is 60.1 Å². The van der Waals surface area contributed by atoms with Gasteiger partial charge in [0, 0.05) is 119 Å². The third-order valence-corrected chi connectivity index (χ3v) is 28.0. The number of methoxy groups -OCH3 is 2. The van der Waals surface area contributed by atoms with Crippen LogP contribution in [0.15, 0.2) is 121 Å². The molecule has 0 amide bonds. The number of nitrogens with two attached hydrogens (primary N) is 1. The fourth-order valence-electron chi connectivity index (χ4n) is 20.9. The van der Waals surface area contributed by atoms with Crippen molar-refractivity contribution in [1.29, 1.82) is 0 Å². The summed E-state index contributed by atoms with van der Waals surface area (Å²) in [5.41, 5.74) is 19.1. The van der Waals surface area contributed by atoms with E-state index in [1.807, 2.05) is 27.7 Å². The number of aromatic hydroxyl groups is 2. The Bertz CT molecular complexity index is 4280. The van der Waals surface area contributed by atoms with Crippen LogP contribution in [0, 0.1) is 64.6 Å². The van der Waals surface area contributed by atoms with Gasteiger partial charge in [0.25, 0.3) is 0 Å². The van der Waals surface area contributed by atoms with Crippen molar-refractivity contribution in [2.75, 3.05) is 46.3 Å². The molecular formula is C83H90N4O9S2. The number of esters is 1. The minimum Gasteiger partial charge on any atom is -0.508 e. The van der Waals surface area contributed by atoms with Crippen molar-refractivity contribution >= 4 is 33.6 Å². The second-order valence-electron chi connectivity index (χ2n) is 30.5. The maximum Gasteiger partial charge on any atom is 0.302 e. The average Bonchev–Trinajstić information content (AvgIpc) is 1.41. The van der Waals surface area contributed by atoms with Gasteiger partial charge in [-0.25, -0.2) is 0 Å². The van der Waals surface area contributed by atoms with Crippen LogP contribution in [-0.4, -0.2) is 97.2 Å². The van der Waals surface area contributed by atoms with Gasteiger partial charge >= 0.3 is 5.97 Å². The standard InChI is InChI=1S/C83H90N4O9S2/c1-47(89)94-44-65-59-21-22-61-71-53(37-58(90)38-68(71)93-3)39-82-32-31-81(46-82)30-28-55-15-7-8-29-83(55)56-16-9-13-49(34-56)33-52-19-18-51(20-25-66-60(80(81)83)24-27-70(84)87-66)72-63(41-85-40-54(42-88)64(52)43-92-2)75(91)78-62(73(72)76(65)95-77(59)74(61)82)23-26-67-79(96-78)69(36-48-11-5-4-6-12-48)98-97-45-50-14-10-17-57(35-50)86-67/h4-6,9,11-13,16,21-24,26-28,30,34,37-38,50-52,54-55,57,64-65,67,69-70,76,79-80,85-88,90-91H,7-8,10,14-15,17,29,31-33,35-36,39-46,84H2,1-3H3/t50-,51+,52-,54+,55-,57+,64-,65+,67+,69+,70?,76+,79-,80+,81+,82+,83-/m1/s1. The van der Waals surface area contributed by atoms with Gasteiger partial charge in [0.1, 0.15) is 42.0 Å². The molecule has 3 spiro atoms. The van der Waals surface area contributed by atoms with Crippen LogP contribution in [0.1, 0.15) is 151 Å². The lowest BCUT2D eigenvalue weighted by atomic mass is 9.44. The predicted octanol–water partition coefficient (Wildman–Crippen LogP) is 13.1. The molecule has 0 radical (unpaired) electrons. The van der Waals surface area contributed by atoms with Gasteiger partial charge in [0.15, 0.2) is 11.5 Å². The van der Waals surface area contributed by atoms with E-state index in [9.17, 15) is 20.1 Å². The first-order valence-electron chi connectivity index (χ1n) is 36.1. The molecule has 98 heavy (non-hydrogen) atoms. The highest BCUT2D eigenvalue weighted by molar-refractivity contribution is 8.77. The molecule has 15 heteroatoms. The van der Waals surface area contributed by atoms with E-state index in [1.54, 1.807) is 20.3 Å². The summed E-state index contributed by atoms with van der Waals surface area (Å²) in [5.74, 6) is 16.8. The smallest absolute Gasteiger partial charge is 0.302 e. The zero-order chi connectivity index (χ0) is 66.6. The van der Waals surface area contributed by atoms with Gasteiger partial charge in [-0.2, -0.15) is 0 Å². The summed E-state index contributed by atoms with van der Waals surface area (Å²) >= 11 is 0. The van der Waals surface area contributed by atoms with Crippen molar-refractivity contribution in [3.8, 4) is 63.6 Å². The van der Waals surface area contributed by atoms with E-state index in [2.05, 4.69) is 143 Å². The zero-order valence-electron chi connectivity index (χ0n) is 56.4. The summed E-state index contributed by atoms with van der Waals surface area (Å²) < 4.78 is 35.2. The highest BCUT2D eigenvalue weighted by Crippen LogP contribution is 2.72. The average molecular weight is 1350 g/mol. The van der Waals surface area contributed by atoms with Crippen LogP contribution in [0.5, 0.6) is 28.7 Å². The van der Waals surface area contributed by atoms with E-state index in [0.717, 1.165) is 127 Å². The molecule has 508 valence electrons. The molecule has 5 aromatic rings. The number of nitrogens with one attached hydrogen (secondary N) is 3. The number of phenols is 2. The van der Waals surface area contributed by atoms with Crippen molar-refractivity contribution in [2.24, 2.45) is 46.7 Å². The number of carbonyl (C=O) groups excluding carboxylic acids is 1. The monoisotopic (exact) mass is 1350 g/mol. The quantitative estimate of drug-likeness (QED) is 0.0337. The number of aliphatic hydroxyl groups excluding tert-OH is 1. The lowest BCUT2D eigenvalue weighted by Crippen LogP contribution is -2.55. The number of rotatable bonds is 8. The summed E-state index contributed by atoms with van der Waals surface area (Å²) in [5, 5.41) is 49.5. The Balaban J connectivity index is 1.01. The van der Waals surface area contributed by atoms with Gasteiger partial charge in [-0.3, -0.25) is 4.79 Å². The summed E-state index contributed by atoms with van der Waals surface area (Å²) in [4.78, 5) is 13.7. The van der Waals surface area contributed by atoms with Crippen molar-refractivity contribution in [3.05, 3.63) is 176 Å². The van der Waals surface area contributed by atoms with Crippen LogP contribution < -0.4 is 35.9 Å². The van der Waals surface area contributed by atoms with Gasteiger partial charge in [0.2, 0.25) is 0 Å². The number of allylic oxidation sites excluding steroid dienone is 5. The Hall–Kier alpha value is -7.05. The number of phenolic OH excluding ortho intramolecular Hbond substituents is 2. The summed E-state index contributed by atoms with van der Waals surface area (Å²) in [6.07, 6.45) is 25.4. The normalized spacial score (nSPS) is 34.1. The van der Waals surface area contributed by atoms with Crippen LogP contribution >= 0.6 is 21.6 Å². The topological polar surface area (TPSA) is 186 Å². The number of benzene rings is 5. The zero-order valence-corrected chi connectivity index (χ0v) is 58.0. The second kappa shape index (κ2) is 25.8. The Labute approximate surface area is 584 Å². The van der Waals surface area contributed by atoms with E-state index in [1.165, 1.54) is 30.0 Å². The molecule has 17 rings (SSSR count). The number of dihydropyridines is 1. The van der Waals surface area contributed by atoms with E-state index < -0.39 is 52.4 Å². The van der Waals surface area contributed by atoms with Gasteiger partial charge in [-0.1, -0.05) is 156 Å². The highest BCUT2D eigenvalue weighted by Gasteiger charge is 2.64. The summed E-state index contributed by atoms with van der Waals surface area (Å²) in [7, 11) is 7.29. The minimum absolute atomic E-state index is 0.000442. The number of hydrogen-bond acceptors (Lipinski definition) is 15. The van der Waals surface area contributed by atoms with Crippen molar-refractivity contribution < 1.29 is 43.8 Å². The molecule has 6 heterocycles. The minimum atomic E-state index is -0.891. The van der Waals surface area contributed by atoms with Crippen LogP contribution in [0.3, 0.4) is 0 Å². The number of fused-ring (bicyclic) bond motifs is 12. The van der Waals surface area contributed by atoms with Gasteiger partial charge < -0.3 is 60.7 Å². The molecule has 5 aromatic carbocycles. The lowest BCUT2D eigenvalue weighted by Gasteiger charge is -2.59. The second-order valence-corrected chi connectivity index (χ2v) is 33.2. The first kappa shape index (κ1) is 64.3. The molecule has 0 aromatic heterocycles. The molecular weight excluding hydrogens is 1260 g/mol. The van der Waals surface area contributed by atoms with Crippen LogP contribution in [0.2, 0.25) is 0 Å². The number of hydrogen-bond donors (Lipinski definition) is 7. The molecule has 3 saturated carbocycles. The Morgan fingerprint density at radius 2 is 1.79 bits per heavy atom. The Morgan fingerprint density at radius 3 is 2.64 bits per heavy atom.